The van der Waals surface area contributed by atoms with Gasteiger partial charge in [0.25, 0.3) is 5.69 Å². The van der Waals surface area contributed by atoms with Gasteiger partial charge in [0, 0.05) is 12.6 Å². The predicted molar refractivity (Wildman–Crippen MR) is 82.9 cm³/mol. The average molecular weight is 339 g/mol. The lowest BCUT2D eigenvalue weighted by Crippen LogP contribution is -2.14. The summed E-state index contributed by atoms with van der Waals surface area (Å²) in [6.45, 7) is 1.83. The fourth-order valence-electron chi connectivity index (χ4n) is 2.10. The van der Waals surface area contributed by atoms with E-state index in [-0.39, 0.29) is 22.8 Å². The number of benzene rings is 2. The molecule has 0 unspecified atom stereocenters. The number of hydrogen-bond acceptors (Lipinski definition) is 5. The van der Waals surface area contributed by atoms with Gasteiger partial charge in [-0.3, -0.25) is 10.1 Å². The highest BCUT2D eigenvalue weighted by molar-refractivity contribution is 7.89. The van der Waals surface area contributed by atoms with E-state index in [1.54, 1.807) is 19.1 Å². The first-order valence-electron chi connectivity index (χ1n) is 6.48. The van der Waals surface area contributed by atoms with Gasteiger partial charge in [0.15, 0.2) is 5.82 Å². The minimum atomic E-state index is -3.78. The van der Waals surface area contributed by atoms with Crippen molar-refractivity contribution in [3.63, 3.8) is 0 Å². The average Bonchev–Trinajstić information content (AvgIpc) is 2.44. The van der Waals surface area contributed by atoms with Crippen molar-refractivity contribution < 1.29 is 17.7 Å². The molecule has 0 aliphatic rings. The fourth-order valence-corrected chi connectivity index (χ4v) is 2.86. The highest BCUT2D eigenvalue weighted by Crippen LogP contribution is 2.22. The van der Waals surface area contributed by atoms with Crippen LogP contribution in [0.5, 0.6) is 0 Å². The third kappa shape index (κ3) is 4.02. The van der Waals surface area contributed by atoms with Gasteiger partial charge in [-0.2, -0.15) is 0 Å². The van der Waals surface area contributed by atoms with E-state index in [4.69, 9.17) is 5.14 Å². The molecule has 0 bridgehead atoms. The summed E-state index contributed by atoms with van der Waals surface area (Å²) in [4.78, 5) is 9.91. The topological polar surface area (TPSA) is 115 Å². The van der Waals surface area contributed by atoms with Crippen LogP contribution < -0.4 is 10.5 Å². The number of primary sulfonamides is 1. The zero-order valence-electron chi connectivity index (χ0n) is 12.1. The first kappa shape index (κ1) is 16.8. The van der Waals surface area contributed by atoms with Gasteiger partial charge >= 0.3 is 0 Å². The molecule has 0 spiro atoms. The van der Waals surface area contributed by atoms with E-state index in [9.17, 15) is 22.9 Å². The van der Waals surface area contributed by atoms with Crippen molar-refractivity contribution in [3.8, 4) is 0 Å². The molecule has 0 aromatic heterocycles. The summed E-state index contributed by atoms with van der Waals surface area (Å²) in [6.07, 6.45) is 0. The fraction of sp³-hybridized carbons (Fsp3) is 0.143. The van der Waals surface area contributed by atoms with E-state index in [1.807, 2.05) is 0 Å². The summed E-state index contributed by atoms with van der Waals surface area (Å²) in [5, 5.41) is 18.4. The second kappa shape index (κ2) is 6.31. The standard InChI is InChI=1S/C14H14FN3O4S/c1-9-6-10(2-5-14(9)23(16,21)22)8-17-13-4-3-11(18(19)20)7-12(13)15/h2-7,17H,8H2,1H3,(H2,16,21,22). The Hall–Kier alpha value is -2.52. The lowest BCUT2D eigenvalue weighted by molar-refractivity contribution is -0.385. The quantitative estimate of drug-likeness (QED) is 0.640. The molecular formula is C14H14FN3O4S. The van der Waals surface area contributed by atoms with Crippen LogP contribution in [-0.4, -0.2) is 13.3 Å². The number of nitro benzene ring substituents is 1. The molecular weight excluding hydrogens is 325 g/mol. The van der Waals surface area contributed by atoms with Crippen molar-refractivity contribution in [2.24, 2.45) is 5.14 Å². The minimum absolute atomic E-state index is 0.0303. The number of nitrogens with one attached hydrogen (secondary N) is 1. The normalized spacial score (nSPS) is 11.3. The number of non-ortho nitro benzene ring substituents is 1. The van der Waals surface area contributed by atoms with Crippen molar-refractivity contribution in [3.05, 3.63) is 63.5 Å². The summed E-state index contributed by atoms with van der Waals surface area (Å²) in [5.41, 5.74) is 0.980. The summed E-state index contributed by atoms with van der Waals surface area (Å²) in [7, 11) is -3.78. The van der Waals surface area contributed by atoms with Crippen molar-refractivity contribution in [2.75, 3.05) is 5.32 Å². The Morgan fingerprint density at radius 3 is 2.48 bits per heavy atom. The molecule has 0 saturated carbocycles. The molecule has 0 fully saturated rings. The molecule has 2 rings (SSSR count). The lowest BCUT2D eigenvalue weighted by atomic mass is 10.1. The zero-order chi connectivity index (χ0) is 17.2. The number of anilines is 1. The molecule has 3 N–H and O–H groups in total. The largest absolute Gasteiger partial charge is 0.379 e. The first-order chi connectivity index (χ1) is 10.7. The van der Waals surface area contributed by atoms with E-state index < -0.39 is 20.8 Å². The highest BCUT2D eigenvalue weighted by Gasteiger charge is 2.13. The number of rotatable bonds is 5. The molecule has 9 heteroatoms. The van der Waals surface area contributed by atoms with Crippen molar-refractivity contribution in [2.45, 2.75) is 18.4 Å². The second-order valence-electron chi connectivity index (χ2n) is 4.92. The zero-order valence-corrected chi connectivity index (χ0v) is 12.9. The SMILES string of the molecule is Cc1cc(CNc2ccc([N+](=O)[O-])cc2F)ccc1S(N)(=O)=O. The van der Waals surface area contributed by atoms with Crippen LogP contribution in [0.25, 0.3) is 0 Å². The van der Waals surface area contributed by atoms with Crippen molar-refractivity contribution in [1.29, 1.82) is 0 Å². The maximum absolute atomic E-state index is 13.8. The number of nitrogens with zero attached hydrogens (tertiary/aromatic N) is 1. The Morgan fingerprint density at radius 2 is 1.96 bits per heavy atom. The molecule has 0 radical (unpaired) electrons. The summed E-state index contributed by atoms with van der Waals surface area (Å²) in [6, 6.07) is 7.87. The highest BCUT2D eigenvalue weighted by atomic mass is 32.2. The number of nitrogens with two attached hydrogens (primary N) is 1. The van der Waals surface area contributed by atoms with E-state index in [0.717, 1.165) is 6.07 Å². The minimum Gasteiger partial charge on any atom is -0.379 e. The Morgan fingerprint density at radius 1 is 1.26 bits per heavy atom. The van der Waals surface area contributed by atoms with Gasteiger partial charge in [0.2, 0.25) is 10.0 Å². The molecule has 2 aromatic rings. The summed E-state index contributed by atoms with van der Waals surface area (Å²) >= 11 is 0. The monoisotopic (exact) mass is 339 g/mol. The van der Waals surface area contributed by atoms with E-state index in [2.05, 4.69) is 5.32 Å². The Kier molecular flexibility index (Phi) is 4.62. The molecule has 0 atom stereocenters. The van der Waals surface area contributed by atoms with Gasteiger partial charge in [-0.05, 0) is 30.2 Å². The van der Waals surface area contributed by atoms with Crippen LogP contribution in [0.15, 0.2) is 41.3 Å². The molecule has 0 saturated heterocycles. The van der Waals surface area contributed by atoms with Gasteiger partial charge < -0.3 is 5.32 Å². The van der Waals surface area contributed by atoms with Crippen molar-refractivity contribution >= 4 is 21.4 Å². The van der Waals surface area contributed by atoms with Gasteiger partial charge in [-0.1, -0.05) is 12.1 Å². The molecule has 7 nitrogen and oxygen atoms in total. The first-order valence-corrected chi connectivity index (χ1v) is 8.03. The molecule has 0 aliphatic heterocycles. The van der Waals surface area contributed by atoms with Gasteiger partial charge in [-0.15, -0.1) is 0 Å². The maximum Gasteiger partial charge on any atom is 0.272 e. The smallest absolute Gasteiger partial charge is 0.272 e. The summed E-state index contributed by atoms with van der Waals surface area (Å²) in [5.74, 6) is -0.739. The van der Waals surface area contributed by atoms with Gasteiger partial charge in [-0.25, -0.2) is 17.9 Å². The van der Waals surface area contributed by atoms with Crippen molar-refractivity contribution in [1.82, 2.24) is 0 Å². The second-order valence-corrected chi connectivity index (χ2v) is 6.45. The maximum atomic E-state index is 13.8. The summed E-state index contributed by atoms with van der Waals surface area (Å²) < 4.78 is 36.4. The van der Waals surface area contributed by atoms with Crippen LogP contribution in [0, 0.1) is 22.9 Å². The number of hydrogen-bond donors (Lipinski definition) is 2. The van der Waals surface area contributed by atoms with Crippen LogP contribution in [0.3, 0.4) is 0 Å². The van der Waals surface area contributed by atoms with Gasteiger partial charge in [0.1, 0.15) is 0 Å². The van der Waals surface area contributed by atoms with Crippen LogP contribution >= 0.6 is 0 Å². The third-order valence-electron chi connectivity index (χ3n) is 3.19. The lowest BCUT2D eigenvalue weighted by Gasteiger charge is -2.10. The van der Waals surface area contributed by atoms with Gasteiger partial charge in [0.05, 0.1) is 21.6 Å². The molecule has 2 aromatic carbocycles. The Bertz CT molecular complexity index is 868. The number of halogens is 1. The van der Waals surface area contributed by atoms with Crippen LogP contribution in [-0.2, 0) is 16.6 Å². The Balaban J connectivity index is 2.16. The Labute approximate surface area is 132 Å². The van der Waals surface area contributed by atoms with E-state index >= 15 is 0 Å². The van der Waals surface area contributed by atoms with E-state index in [0.29, 0.717) is 11.1 Å². The molecule has 23 heavy (non-hydrogen) atoms. The molecule has 0 aliphatic carbocycles. The third-order valence-corrected chi connectivity index (χ3v) is 4.26. The number of sulfonamides is 1. The van der Waals surface area contributed by atoms with E-state index in [1.165, 1.54) is 18.2 Å². The number of nitro groups is 1. The van der Waals surface area contributed by atoms with Crippen LogP contribution in [0.1, 0.15) is 11.1 Å². The number of aryl methyl sites for hydroxylation is 1. The van der Waals surface area contributed by atoms with Crippen LogP contribution in [0.4, 0.5) is 15.8 Å². The molecule has 0 amide bonds. The molecule has 122 valence electrons. The predicted octanol–water partition coefficient (Wildman–Crippen LogP) is 2.30. The van der Waals surface area contributed by atoms with Crippen LogP contribution in [0.2, 0.25) is 0 Å². The molecule has 0 heterocycles.